The number of nitrogens with two attached hydrogens (primary N) is 1. The van der Waals surface area contributed by atoms with Crippen LogP contribution in [0, 0.1) is 11.6 Å². The van der Waals surface area contributed by atoms with Crippen molar-refractivity contribution in [1.82, 2.24) is 0 Å². The second-order valence-corrected chi connectivity index (χ2v) is 6.48. The highest BCUT2D eigenvalue weighted by atomic mass is 32.2. The SMILES string of the molecule is NC1c2ccccc2CC1S(=O)c1ccc(F)cc1F. The van der Waals surface area contributed by atoms with E-state index < -0.39 is 28.5 Å². The highest BCUT2D eigenvalue weighted by Gasteiger charge is 2.35. The van der Waals surface area contributed by atoms with Gasteiger partial charge in [0.1, 0.15) is 11.6 Å². The molecule has 3 rings (SSSR count). The number of hydrogen-bond acceptors (Lipinski definition) is 2. The summed E-state index contributed by atoms with van der Waals surface area (Å²) in [6.07, 6.45) is 0.542. The van der Waals surface area contributed by atoms with Crippen LogP contribution < -0.4 is 5.73 Å². The van der Waals surface area contributed by atoms with E-state index in [0.29, 0.717) is 6.42 Å². The molecule has 20 heavy (non-hydrogen) atoms. The molecule has 0 bridgehead atoms. The molecule has 2 aromatic carbocycles. The number of halogens is 2. The van der Waals surface area contributed by atoms with Crippen molar-refractivity contribution < 1.29 is 13.0 Å². The zero-order chi connectivity index (χ0) is 14.3. The summed E-state index contributed by atoms with van der Waals surface area (Å²) in [5.41, 5.74) is 8.11. The Balaban J connectivity index is 1.93. The van der Waals surface area contributed by atoms with E-state index in [0.717, 1.165) is 23.3 Å². The third-order valence-electron chi connectivity index (χ3n) is 3.62. The lowest BCUT2D eigenvalue weighted by atomic mass is 10.1. The molecule has 3 unspecified atom stereocenters. The maximum atomic E-state index is 13.7. The van der Waals surface area contributed by atoms with E-state index in [1.54, 1.807) is 0 Å². The summed E-state index contributed by atoms with van der Waals surface area (Å²) >= 11 is 0. The van der Waals surface area contributed by atoms with Crippen molar-refractivity contribution in [1.29, 1.82) is 0 Å². The third kappa shape index (κ3) is 2.17. The Hall–Kier alpha value is -1.59. The van der Waals surface area contributed by atoms with Crippen LogP contribution in [0.5, 0.6) is 0 Å². The van der Waals surface area contributed by atoms with Crippen molar-refractivity contribution in [3.8, 4) is 0 Å². The molecular formula is C15H13F2NOS. The zero-order valence-electron chi connectivity index (χ0n) is 10.6. The summed E-state index contributed by atoms with van der Waals surface area (Å²) in [7, 11) is -1.60. The molecule has 0 aliphatic heterocycles. The molecule has 0 spiro atoms. The van der Waals surface area contributed by atoms with Gasteiger partial charge in [0.2, 0.25) is 0 Å². The van der Waals surface area contributed by atoms with Crippen LogP contribution in [0.25, 0.3) is 0 Å². The van der Waals surface area contributed by atoms with E-state index in [-0.39, 0.29) is 10.1 Å². The van der Waals surface area contributed by atoms with Gasteiger partial charge in [-0.05, 0) is 29.7 Å². The predicted molar refractivity (Wildman–Crippen MR) is 73.6 cm³/mol. The lowest BCUT2D eigenvalue weighted by Crippen LogP contribution is -2.27. The van der Waals surface area contributed by atoms with Gasteiger partial charge < -0.3 is 5.73 Å². The minimum absolute atomic E-state index is 0.0136. The molecule has 3 atom stereocenters. The Morgan fingerprint density at radius 1 is 1.15 bits per heavy atom. The minimum Gasteiger partial charge on any atom is -0.323 e. The predicted octanol–water partition coefficient (Wildman–Crippen LogP) is 2.70. The summed E-state index contributed by atoms with van der Waals surface area (Å²) in [4.78, 5) is 0.0136. The topological polar surface area (TPSA) is 43.1 Å². The molecule has 104 valence electrons. The Labute approximate surface area is 118 Å². The fraction of sp³-hybridized carbons (Fsp3) is 0.200. The van der Waals surface area contributed by atoms with Crippen LogP contribution in [0.4, 0.5) is 8.78 Å². The van der Waals surface area contributed by atoms with Crippen molar-refractivity contribution in [2.75, 3.05) is 0 Å². The highest BCUT2D eigenvalue weighted by Crippen LogP contribution is 2.35. The van der Waals surface area contributed by atoms with Gasteiger partial charge in [0.15, 0.2) is 0 Å². The van der Waals surface area contributed by atoms with Gasteiger partial charge in [0.25, 0.3) is 0 Å². The van der Waals surface area contributed by atoms with Crippen LogP contribution in [-0.4, -0.2) is 9.46 Å². The fourth-order valence-corrected chi connectivity index (χ4v) is 4.12. The first kappa shape index (κ1) is 13.4. The molecule has 5 heteroatoms. The van der Waals surface area contributed by atoms with Gasteiger partial charge in [-0.15, -0.1) is 0 Å². The quantitative estimate of drug-likeness (QED) is 0.925. The molecule has 0 heterocycles. The lowest BCUT2D eigenvalue weighted by molar-refractivity contribution is 0.559. The van der Waals surface area contributed by atoms with E-state index in [1.807, 2.05) is 24.3 Å². The van der Waals surface area contributed by atoms with Crippen molar-refractivity contribution in [3.63, 3.8) is 0 Å². The zero-order valence-corrected chi connectivity index (χ0v) is 11.4. The largest absolute Gasteiger partial charge is 0.323 e. The summed E-state index contributed by atoms with van der Waals surface area (Å²) in [6.45, 7) is 0. The van der Waals surface area contributed by atoms with Crippen LogP contribution in [0.3, 0.4) is 0 Å². The first-order valence-corrected chi connectivity index (χ1v) is 7.48. The molecule has 2 aromatic rings. The van der Waals surface area contributed by atoms with Crippen LogP contribution in [0.15, 0.2) is 47.4 Å². The molecule has 1 aliphatic rings. The average molecular weight is 293 g/mol. The van der Waals surface area contributed by atoms with E-state index in [4.69, 9.17) is 5.73 Å². The van der Waals surface area contributed by atoms with E-state index >= 15 is 0 Å². The smallest absolute Gasteiger partial charge is 0.142 e. The Bertz CT molecular complexity index is 689. The Morgan fingerprint density at radius 2 is 1.90 bits per heavy atom. The Morgan fingerprint density at radius 3 is 2.60 bits per heavy atom. The van der Waals surface area contributed by atoms with Gasteiger partial charge in [-0.25, -0.2) is 8.78 Å². The lowest BCUT2D eigenvalue weighted by Gasteiger charge is -2.16. The van der Waals surface area contributed by atoms with Gasteiger partial charge >= 0.3 is 0 Å². The van der Waals surface area contributed by atoms with Crippen molar-refractivity contribution in [3.05, 3.63) is 65.2 Å². The molecule has 0 fully saturated rings. The monoisotopic (exact) mass is 293 g/mol. The molecule has 1 aliphatic carbocycles. The molecular weight excluding hydrogens is 280 g/mol. The van der Waals surface area contributed by atoms with Crippen LogP contribution >= 0.6 is 0 Å². The molecule has 0 saturated carbocycles. The fourth-order valence-electron chi connectivity index (χ4n) is 2.60. The molecule has 0 amide bonds. The highest BCUT2D eigenvalue weighted by molar-refractivity contribution is 7.85. The van der Waals surface area contributed by atoms with Crippen molar-refractivity contribution >= 4 is 10.8 Å². The molecule has 2 nitrogen and oxygen atoms in total. The number of fused-ring (bicyclic) bond motifs is 1. The maximum Gasteiger partial charge on any atom is 0.142 e. The van der Waals surface area contributed by atoms with Crippen LogP contribution in [0.2, 0.25) is 0 Å². The number of benzene rings is 2. The third-order valence-corrected chi connectivity index (χ3v) is 5.40. The van der Waals surface area contributed by atoms with Gasteiger partial charge in [0, 0.05) is 12.1 Å². The Kier molecular flexibility index (Phi) is 3.40. The standard InChI is InChI=1S/C15H13F2NOS/c16-10-5-6-13(12(17)8-10)20(19)14-7-9-3-1-2-4-11(9)15(14)18/h1-6,8,14-15H,7,18H2. The summed E-state index contributed by atoms with van der Waals surface area (Å²) < 4.78 is 39.2. The summed E-state index contributed by atoms with van der Waals surface area (Å²) in [6, 6.07) is 10.3. The summed E-state index contributed by atoms with van der Waals surface area (Å²) in [5.74, 6) is -1.46. The van der Waals surface area contributed by atoms with Crippen LogP contribution in [0.1, 0.15) is 17.2 Å². The maximum absolute atomic E-state index is 13.7. The van der Waals surface area contributed by atoms with Crippen molar-refractivity contribution in [2.24, 2.45) is 5.73 Å². The van der Waals surface area contributed by atoms with E-state index in [1.165, 1.54) is 6.07 Å². The second kappa shape index (κ2) is 5.07. The van der Waals surface area contributed by atoms with E-state index in [2.05, 4.69) is 0 Å². The van der Waals surface area contributed by atoms with Crippen LogP contribution in [-0.2, 0) is 17.2 Å². The average Bonchev–Trinajstić information content (AvgIpc) is 2.76. The molecule has 0 aromatic heterocycles. The van der Waals surface area contributed by atoms with E-state index in [9.17, 15) is 13.0 Å². The number of rotatable bonds is 2. The first-order chi connectivity index (χ1) is 9.58. The normalized spacial score (nSPS) is 22.6. The molecule has 2 N–H and O–H groups in total. The second-order valence-electron chi connectivity index (χ2n) is 4.84. The minimum atomic E-state index is -1.60. The van der Waals surface area contributed by atoms with Gasteiger partial charge in [-0.1, -0.05) is 24.3 Å². The first-order valence-electron chi connectivity index (χ1n) is 6.27. The summed E-state index contributed by atoms with van der Waals surface area (Å²) in [5, 5.41) is -0.382. The molecule has 0 saturated heterocycles. The molecule has 0 radical (unpaired) electrons. The van der Waals surface area contributed by atoms with Gasteiger partial charge in [0.05, 0.1) is 20.9 Å². The van der Waals surface area contributed by atoms with Gasteiger partial charge in [-0.3, -0.25) is 4.21 Å². The van der Waals surface area contributed by atoms with Crippen molar-refractivity contribution in [2.45, 2.75) is 22.6 Å². The van der Waals surface area contributed by atoms with Gasteiger partial charge in [-0.2, -0.15) is 0 Å². The number of hydrogen-bond donors (Lipinski definition) is 1.